The fourth-order valence-corrected chi connectivity index (χ4v) is 5.19. The zero-order valence-corrected chi connectivity index (χ0v) is 15.0. The Morgan fingerprint density at radius 3 is 2.42 bits per heavy atom. The Labute approximate surface area is 153 Å². The minimum atomic E-state index is 0.291. The van der Waals surface area contributed by atoms with E-state index < -0.39 is 0 Å². The average molecular weight is 334 g/mol. The van der Waals surface area contributed by atoms with Crippen LogP contribution in [0, 0.1) is 0 Å². The van der Waals surface area contributed by atoms with Gasteiger partial charge in [-0.1, -0.05) is 36.4 Å². The highest BCUT2D eigenvalue weighted by atomic mass is 14.9. The molecule has 0 radical (unpaired) electrons. The standard InChI is InChI=1S/C23H19BN2/c1-25-12-5-8-17-14-16-7-4-10-19-18-9-3-6-15-11-13-26(2)23(20(15)18)24(21(16)19)22(17)25/h3-13H,14H2,1-2H3/q+2. The Hall–Kier alpha value is -2.94. The third kappa shape index (κ3) is 1.63. The number of aryl methyl sites for hydroxylation is 2. The van der Waals surface area contributed by atoms with Gasteiger partial charge in [-0.3, -0.25) is 0 Å². The van der Waals surface area contributed by atoms with Gasteiger partial charge in [0.25, 0.3) is 0 Å². The van der Waals surface area contributed by atoms with E-state index in [1.165, 1.54) is 49.7 Å². The molecule has 2 aliphatic rings. The van der Waals surface area contributed by atoms with Gasteiger partial charge >= 0.3 is 6.71 Å². The van der Waals surface area contributed by atoms with Crippen LogP contribution in [0.1, 0.15) is 11.1 Å². The Balaban J connectivity index is 1.87. The van der Waals surface area contributed by atoms with Crippen LogP contribution in [0.25, 0.3) is 21.9 Å². The number of rotatable bonds is 0. The molecule has 0 fully saturated rings. The Bertz CT molecular complexity index is 1240. The van der Waals surface area contributed by atoms with Crippen molar-refractivity contribution in [2.45, 2.75) is 6.42 Å². The Kier molecular flexibility index (Phi) is 2.64. The van der Waals surface area contributed by atoms with Crippen LogP contribution in [0.15, 0.2) is 67.0 Å². The predicted octanol–water partition coefficient (Wildman–Crippen LogP) is 0.890. The molecule has 0 atom stereocenters. The molecule has 4 aromatic rings. The van der Waals surface area contributed by atoms with Gasteiger partial charge in [0.1, 0.15) is 14.1 Å². The summed E-state index contributed by atoms with van der Waals surface area (Å²) in [5.74, 6) is 0. The SMILES string of the molecule is C[n+]1cccc2c1B1c3c(cccc3-c3cccc4cc[n+](C)c1c34)C2. The van der Waals surface area contributed by atoms with E-state index in [0.717, 1.165) is 6.42 Å². The van der Waals surface area contributed by atoms with Crippen LogP contribution >= 0.6 is 0 Å². The molecule has 0 unspecified atom stereocenters. The van der Waals surface area contributed by atoms with Gasteiger partial charge in [0, 0.05) is 29.5 Å². The number of pyridine rings is 2. The van der Waals surface area contributed by atoms with Gasteiger partial charge in [-0.25, -0.2) is 9.13 Å². The monoisotopic (exact) mass is 334 g/mol. The third-order valence-electron chi connectivity index (χ3n) is 6.23. The van der Waals surface area contributed by atoms with E-state index in [2.05, 4.69) is 90.2 Å². The van der Waals surface area contributed by atoms with Crippen molar-refractivity contribution in [2.75, 3.05) is 0 Å². The molecule has 0 N–H and O–H groups in total. The second-order valence-electron chi connectivity index (χ2n) is 7.60. The number of hydrogen-bond donors (Lipinski definition) is 0. The lowest BCUT2D eigenvalue weighted by Crippen LogP contribution is -2.74. The maximum Gasteiger partial charge on any atom is 0.407 e. The van der Waals surface area contributed by atoms with Crippen molar-refractivity contribution in [3.63, 3.8) is 0 Å². The molecule has 26 heavy (non-hydrogen) atoms. The fraction of sp³-hybridized carbons (Fsp3) is 0.130. The number of hydrogen-bond acceptors (Lipinski definition) is 0. The number of benzene rings is 2. The summed E-state index contributed by atoms with van der Waals surface area (Å²) in [6.07, 6.45) is 5.42. The van der Waals surface area contributed by atoms with Crippen molar-refractivity contribution in [3.8, 4) is 11.1 Å². The molecule has 2 nitrogen and oxygen atoms in total. The lowest BCUT2D eigenvalue weighted by molar-refractivity contribution is -0.658. The first-order chi connectivity index (χ1) is 12.7. The van der Waals surface area contributed by atoms with Gasteiger partial charge in [0.05, 0.1) is 0 Å². The molecule has 2 aliphatic heterocycles. The molecular weight excluding hydrogens is 315 g/mol. The highest BCUT2D eigenvalue weighted by Gasteiger charge is 2.48. The molecule has 2 aromatic heterocycles. The maximum atomic E-state index is 2.33. The number of fused-ring (bicyclic) bond motifs is 4. The van der Waals surface area contributed by atoms with Crippen LogP contribution < -0.4 is 25.8 Å². The first kappa shape index (κ1) is 14.3. The topological polar surface area (TPSA) is 7.76 Å². The van der Waals surface area contributed by atoms with Crippen LogP contribution in [0.5, 0.6) is 0 Å². The van der Waals surface area contributed by atoms with Crippen molar-refractivity contribution >= 4 is 34.1 Å². The van der Waals surface area contributed by atoms with E-state index in [-0.39, 0.29) is 0 Å². The first-order valence-electron chi connectivity index (χ1n) is 9.25. The van der Waals surface area contributed by atoms with E-state index in [0.29, 0.717) is 6.71 Å². The van der Waals surface area contributed by atoms with Gasteiger partial charge in [0.2, 0.25) is 0 Å². The van der Waals surface area contributed by atoms with Gasteiger partial charge < -0.3 is 0 Å². The molecule has 0 amide bonds. The average Bonchev–Trinajstić information content (AvgIpc) is 2.66. The highest BCUT2D eigenvalue weighted by molar-refractivity contribution is 6.97. The minimum absolute atomic E-state index is 0.291. The predicted molar refractivity (Wildman–Crippen MR) is 106 cm³/mol. The third-order valence-corrected chi connectivity index (χ3v) is 6.23. The fourth-order valence-electron chi connectivity index (χ4n) is 5.19. The summed E-state index contributed by atoms with van der Waals surface area (Å²) in [4.78, 5) is 0. The summed E-state index contributed by atoms with van der Waals surface area (Å²) >= 11 is 0. The van der Waals surface area contributed by atoms with Crippen molar-refractivity contribution in [1.82, 2.24) is 0 Å². The number of aromatic nitrogens is 2. The van der Waals surface area contributed by atoms with Crippen LogP contribution in [-0.2, 0) is 20.5 Å². The summed E-state index contributed by atoms with van der Waals surface area (Å²) in [5.41, 5.74) is 10.1. The first-order valence-corrected chi connectivity index (χ1v) is 9.25. The Morgan fingerprint density at radius 2 is 1.50 bits per heavy atom. The smallest absolute Gasteiger partial charge is 0.213 e. The second-order valence-corrected chi connectivity index (χ2v) is 7.60. The number of nitrogens with zero attached hydrogens (tertiary/aromatic N) is 2. The van der Waals surface area contributed by atoms with Crippen molar-refractivity contribution in [3.05, 3.63) is 78.1 Å². The summed E-state index contributed by atoms with van der Waals surface area (Å²) in [5, 5.41) is 2.74. The summed E-state index contributed by atoms with van der Waals surface area (Å²) in [7, 11) is 4.38. The largest absolute Gasteiger partial charge is 0.407 e. The van der Waals surface area contributed by atoms with Crippen LogP contribution in [0.3, 0.4) is 0 Å². The molecule has 122 valence electrons. The van der Waals surface area contributed by atoms with Gasteiger partial charge in [-0.05, 0) is 33.6 Å². The zero-order chi connectivity index (χ0) is 17.4. The van der Waals surface area contributed by atoms with Gasteiger partial charge in [0.15, 0.2) is 23.6 Å². The quantitative estimate of drug-likeness (QED) is 0.288. The van der Waals surface area contributed by atoms with Crippen LogP contribution in [0.4, 0.5) is 0 Å². The molecular formula is C23H19BN2+2. The molecule has 0 spiro atoms. The molecule has 2 aromatic carbocycles. The molecule has 0 saturated heterocycles. The van der Waals surface area contributed by atoms with Crippen molar-refractivity contribution in [2.24, 2.45) is 14.1 Å². The normalized spacial score (nSPS) is 13.5. The summed E-state index contributed by atoms with van der Waals surface area (Å²) in [6.45, 7) is 0.291. The van der Waals surface area contributed by atoms with Crippen molar-refractivity contribution < 1.29 is 9.13 Å². The maximum absolute atomic E-state index is 2.33. The van der Waals surface area contributed by atoms with Crippen LogP contribution in [0.2, 0.25) is 0 Å². The van der Waals surface area contributed by atoms with E-state index in [9.17, 15) is 0 Å². The summed E-state index contributed by atoms with van der Waals surface area (Å²) < 4.78 is 4.66. The molecule has 6 rings (SSSR count). The zero-order valence-electron chi connectivity index (χ0n) is 15.0. The molecule has 0 saturated carbocycles. The molecule has 3 heteroatoms. The van der Waals surface area contributed by atoms with E-state index in [4.69, 9.17) is 0 Å². The van der Waals surface area contributed by atoms with E-state index in [1.54, 1.807) is 0 Å². The minimum Gasteiger partial charge on any atom is -0.213 e. The molecule has 0 bridgehead atoms. The lowest BCUT2D eigenvalue weighted by atomic mass is 9.33. The molecule has 4 heterocycles. The highest BCUT2D eigenvalue weighted by Crippen LogP contribution is 2.31. The lowest BCUT2D eigenvalue weighted by Gasteiger charge is -2.29. The Morgan fingerprint density at radius 1 is 0.731 bits per heavy atom. The van der Waals surface area contributed by atoms with Crippen molar-refractivity contribution in [1.29, 1.82) is 0 Å². The van der Waals surface area contributed by atoms with E-state index in [1.807, 2.05) is 0 Å². The summed E-state index contributed by atoms with van der Waals surface area (Å²) in [6, 6.07) is 20.3. The van der Waals surface area contributed by atoms with E-state index >= 15 is 0 Å². The van der Waals surface area contributed by atoms with Gasteiger partial charge in [-0.2, -0.15) is 0 Å². The van der Waals surface area contributed by atoms with Crippen LogP contribution in [-0.4, -0.2) is 6.71 Å². The van der Waals surface area contributed by atoms with Gasteiger partial charge in [-0.15, -0.1) is 0 Å². The molecule has 0 aliphatic carbocycles. The second kappa shape index (κ2) is 4.82.